The van der Waals surface area contributed by atoms with Crippen LogP contribution in [0.25, 0.3) is 0 Å². The summed E-state index contributed by atoms with van der Waals surface area (Å²) in [6.45, 7) is 0. The number of anilines is 2. The zero-order chi connectivity index (χ0) is 20.5. The molecule has 1 fully saturated rings. The van der Waals surface area contributed by atoms with Crippen molar-refractivity contribution >= 4 is 35.0 Å². The van der Waals surface area contributed by atoms with E-state index >= 15 is 0 Å². The van der Waals surface area contributed by atoms with E-state index < -0.39 is 5.82 Å². The molecule has 29 heavy (non-hydrogen) atoms. The molecule has 2 amide bonds. The molecule has 0 spiro atoms. The highest BCUT2D eigenvalue weighted by Gasteiger charge is 2.22. The summed E-state index contributed by atoms with van der Waals surface area (Å²) in [5, 5.41) is 5.46. The highest BCUT2D eigenvalue weighted by atomic mass is 32.2. The lowest BCUT2D eigenvalue weighted by Gasteiger charge is -2.21. The first kappa shape index (κ1) is 21.3. The highest BCUT2D eigenvalue weighted by molar-refractivity contribution is 7.98. The van der Waals surface area contributed by atoms with Gasteiger partial charge in [-0.3, -0.25) is 14.6 Å². The number of carbonyl (C=O) groups excluding carboxylic acids is 2. The van der Waals surface area contributed by atoms with Crippen molar-refractivity contribution in [2.24, 2.45) is 5.92 Å². The number of nitrogens with zero attached hydrogens (tertiary/aromatic N) is 1. The fraction of sp³-hybridized carbons (Fsp3) is 0.409. The van der Waals surface area contributed by atoms with Crippen LogP contribution in [0.4, 0.5) is 15.8 Å². The zero-order valence-corrected chi connectivity index (χ0v) is 17.1. The lowest BCUT2D eigenvalue weighted by molar-refractivity contribution is -0.120. The Hall–Kier alpha value is -2.41. The van der Waals surface area contributed by atoms with E-state index in [0.29, 0.717) is 17.9 Å². The van der Waals surface area contributed by atoms with Crippen LogP contribution in [0, 0.1) is 11.7 Å². The van der Waals surface area contributed by atoms with Gasteiger partial charge in [-0.05, 0) is 43.2 Å². The van der Waals surface area contributed by atoms with Crippen molar-refractivity contribution in [2.75, 3.05) is 16.4 Å². The molecule has 1 aliphatic rings. The number of hydrogen-bond acceptors (Lipinski definition) is 4. The van der Waals surface area contributed by atoms with Crippen molar-refractivity contribution in [1.82, 2.24) is 4.98 Å². The van der Waals surface area contributed by atoms with Crippen LogP contribution in [0.3, 0.4) is 0 Å². The Labute approximate surface area is 174 Å². The first-order chi connectivity index (χ1) is 14.1. The number of pyridine rings is 1. The molecule has 1 heterocycles. The summed E-state index contributed by atoms with van der Waals surface area (Å²) in [6.07, 6.45) is 7.02. The maximum atomic E-state index is 14.1. The summed E-state index contributed by atoms with van der Waals surface area (Å²) in [5.74, 6) is 0.569. The number of amides is 2. The maximum absolute atomic E-state index is 14.1. The predicted octanol–water partition coefficient (Wildman–Crippen LogP) is 5.00. The van der Waals surface area contributed by atoms with Crippen molar-refractivity contribution in [3.63, 3.8) is 0 Å². The average molecular weight is 416 g/mol. The van der Waals surface area contributed by atoms with Crippen LogP contribution in [-0.4, -0.2) is 22.6 Å². The first-order valence-electron chi connectivity index (χ1n) is 10.00. The van der Waals surface area contributed by atoms with Gasteiger partial charge in [-0.25, -0.2) is 4.39 Å². The maximum Gasteiger partial charge on any atom is 0.227 e. The summed E-state index contributed by atoms with van der Waals surface area (Å²) in [5.41, 5.74) is 1.57. The molecular formula is C22H26FN3O2S. The number of carbonyl (C=O) groups is 2. The Morgan fingerprint density at radius 3 is 2.69 bits per heavy atom. The quantitative estimate of drug-likeness (QED) is 0.595. The molecular weight excluding hydrogens is 389 g/mol. The van der Waals surface area contributed by atoms with E-state index in [1.807, 2.05) is 18.2 Å². The van der Waals surface area contributed by atoms with Gasteiger partial charge in [-0.15, -0.1) is 0 Å². The second kappa shape index (κ2) is 11.0. The standard InChI is InChI=1S/C22H26FN3O2S/c23-19-10-9-17(14-20(19)26-22(28)16-6-2-1-3-7-16)25-21(27)11-13-29-15-18-8-4-5-12-24-18/h4-5,8-10,12,14,16H,1-3,6-7,11,13,15H2,(H,25,27)(H,26,28). The summed E-state index contributed by atoms with van der Waals surface area (Å²) >= 11 is 1.63. The van der Waals surface area contributed by atoms with Gasteiger partial charge < -0.3 is 10.6 Å². The third-order valence-electron chi connectivity index (χ3n) is 4.93. The third-order valence-corrected chi connectivity index (χ3v) is 5.93. The fourth-order valence-electron chi connectivity index (χ4n) is 3.35. The Bertz CT molecular complexity index is 826. The average Bonchev–Trinajstić information content (AvgIpc) is 2.75. The summed E-state index contributed by atoms with van der Waals surface area (Å²) in [4.78, 5) is 28.8. The van der Waals surface area contributed by atoms with Gasteiger partial charge in [-0.2, -0.15) is 11.8 Å². The molecule has 0 atom stereocenters. The lowest BCUT2D eigenvalue weighted by Crippen LogP contribution is -2.25. The lowest BCUT2D eigenvalue weighted by atomic mass is 9.88. The third kappa shape index (κ3) is 6.85. The first-order valence-corrected chi connectivity index (χ1v) is 11.2. The van der Waals surface area contributed by atoms with Crippen molar-refractivity contribution in [3.05, 3.63) is 54.1 Å². The van der Waals surface area contributed by atoms with E-state index in [1.165, 1.54) is 18.2 Å². The Kier molecular flexibility index (Phi) is 8.04. The van der Waals surface area contributed by atoms with Gasteiger partial charge in [0.1, 0.15) is 5.82 Å². The highest BCUT2D eigenvalue weighted by Crippen LogP contribution is 2.26. The molecule has 1 saturated carbocycles. The van der Waals surface area contributed by atoms with E-state index in [1.54, 1.807) is 18.0 Å². The number of benzene rings is 1. The van der Waals surface area contributed by atoms with Crippen LogP contribution >= 0.6 is 11.8 Å². The van der Waals surface area contributed by atoms with E-state index in [-0.39, 0.29) is 23.4 Å². The molecule has 5 nitrogen and oxygen atoms in total. The van der Waals surface area contributed by atoms with E-state index in [0.717, 1.165) is 43.6 Å². The normalized spacial score (nSPS) is 14.4. The van der Waals surface area contributed by atoms with Crippen molar-refractivity contribution in [3.8, 4) is 0 Å². The molecule has 1 aromatic heterocycles. The van der Waals surface area contributed by atoms with E-state index in [4.69, 9.17) is 0 Å². The second-order valence-electron chi connectivity index (χ2n) is 7.19. The zero-order valence-electron chi connectivity index (χ0n) is 16.3. The van der Waals surface area contributed by atoms with Crippen molar-refractivity contribution in [2.45, 2.75) is 44.3 Å². The van der Waals surface area contributed by atoms with Crippen molar-refractivity contribution < 1.29 is 14.0 Å². The van der Waals surface area contributed by atoms with Gasteiger partial charge in [0.15, 0.2) is 0 Å². The van der Waals surface area contributed by atoms with Crippen LogP contribution in [0.2, 0.25) is 0 Å². The molecule has 1 aliphatic carbocycles. The molecule has 154 valence electrons. The Morgan fingerprint density at radius 2 is 1.93 bits per heavy atom. The molecule has 7 heteroatoms. The smallest absolute Gasteiger partial charge is 0.227 e. The van der Waals surface area contributed by atoms with Crippen LogP contribution in [0.1, 0.15) is 44.2 Å². The molecule has 0 bridgehead atoms. The number of rotatable bonds is 8. The fourth-order valence-corrected chi connectivity index (χ4v) is 4.20. The van der Waals surface area contributed by atoms with Gasteiger partial charge in [0, 0.05) is 35.7 Å². The monoisotopic (exact) mass is 415 g/mol. The minimum atomic E-state index is -0.502. The molecule has 0 saturated heterocycles. The van der Waals surface area contributed by atoms with Gasteiger partial charge in [0.25, 0.3) is 0 Å². The number of aromatic nitrogens is 1. The molecule has 0 radical (unpaired) electrons. The van der Waals surface area contributed by atoms with Gasteiger partial charge >= 0.3 is 0 Å². The van der Waals surface area contributed by atoms with Crippen LogP contribution in [0.5, 0.6) is 0 Å². The molecule has 1 aromatic carbocycles. The minimum Gasteiger partial charge on any atom is -0.326 e. The number of thioether (sulfide) groups is 1. The van der Waals surface area contributed by atoms with Crippen molar-refractivity contribution in [1.29, 1.82) is 0 Å². The van der Waals surface area contributed by atoms with Crippen LogP contribution in [-0.2, 0) is 15.3 Å². The molecule has 2 N–H and O–H groups in total. The Balaban J connectivity index is 1.47. The molecule has 0 unspecified atom stereocenters. The van der Waals surface area contributed by atoms with Gasteiger partial charge in [0.05, 0.1) is 11.4 Å². The number of hydrogen-bond donors (Lipinski definition) is 2. The second-order valence-corrected chi connectivity index (χ2v) is 8.30. The Morgan fingerprint density at radius 1 is 1.10 bits per heavy atom. The molecule has 3 rings (SSSR count). The van der Waals surface area contributed by atoms with E-state index in [2.05, 4.69) is 15.6 Å². The number of halogens is 1. The van der Waals surface area contributed by atoms with Crippen LogP contribution < -0.4 is 10.6 Å². The van der Waals surface area contributed by atoms with Gasteiger partial charge in [-0.1, -0.05) is 25.3 Å². The molecule has 0 aliphatic heterocycles. The molecule has 2 aromatic rings. The largest absolute Gasteiger partial charge is 0.326 e. The topological polar surface area (TPSA) is 71.1 Å². The summed E-state index contributed by atoms with van der Waals surface area (Å²) < 4.78 is 14.1. The SMILES string of the molecule is O=C(CCSCc1ccccn1)Nc1ccc(F)c(NC(=O)C2CCCCC2)c1. The summed E-state index contributed by atoms with van der Waals surface area (Å²) in [6, 6.07) is 10.0. The number of nitrogens with one attached hydrogen (secondary N) is 2. The van der Waals surface area contributed by atoms with Crippen LogP contribution in [0.15, 0.2) is 42.6 Å². The van der Waals surface area contributed by atoms with E-state index in [9.17, 15) is 14.0 Å². The van der Waals surface area contributed by atoms with Gasteiger partial charge in [0.2, 0.25) is 11.8 Å². The minimum absolute atomic E-state index is 0.0578. The predicted molar refractivity (Wildman–Crippen MR) is 115 cm³/mol. The summed E-state index contributed by atoms with van der Waals surface area (Å²) in [7, 11) is 0.